The maximum absolute atomic E-state index is 5.24. The molecule has 0 aliphatic rings. The molecule has 0 unspecified atom stereocenters. The molecular weight excluding hydrogens is 306 g/mol. The van der Waals surface area contributed by atoms with Gasteiger partial charge in [-0.2, -0.15) is 10.1 Å². The van der Waals surface area contributed by atoms with E-state index in [0.29, 0.717) is 18.9 Å². The van der Waals surface area contributed by atoms with E-state index in [9.17, 15) is 0 Å². The van der Waals surface area contributed by atoms with Gasteiger partial charge in [-0.1, -0.05) is 19.0 Å². The molecule has 2 aromatic rings. The predicted molar refractivity (Wildman–Crippen MR) is 92.9 cm³/mol. The van der Waals surface area contributed by atoms with Crippen molar-refractivity contribution in [3.63, 3.8) is 0 Å². The topological polar surface area (TPSA) is 93.2 Å². The molecule has 0 bridgehead atoms. The van der Waals surface area contributed by atoms with Gasteiger partial charge >= 0.3 is 0 Å². The lowest BCUT2D eigenvalue weighted by Crippen LogP contribution is -2.38. The highest BCUT2D eigenvalue weighted by atomic mass is 16.5. The Balaban J connectivity index is 1.72. The highest BCUT2D eigenvalue weighted by Crippen LogP contribution is 2.09. The van der Waals surface area contributed by atoms with Crippen LogP contribution in [0.1, 0.15) is 44.8 Å². The van der Waals surface area contributed by atoms with Gasteiger partial charge in [0.05, 0.1) is 0 Å². The minimum Gasteiger partial charge on any atom is -0.357 e. The van der Waals surface area contributed by atoms with Gasteiger partial charge in [0.2, 0.25) is 5.89 Å². The summed E-state index contributed by atoms with van der Waals surface area (Å²) in [5, 5.41) is 14.7. The Labute approximate surface area is 142 Å². The van der Waals surface area contributed by atoms with Crippen molar-refractivity contribution < 1.29 is 4.52 Å². The molecule has 0 aliphatic heterocycles. The molecule has 2 heterocycles. The monoisotopic (exact) mass is 333 g/mol. The highest BCUT2D eigenvalue weighted by molar-refractivity contribution is 5.79. The van der Waals surface area contributed by atoms with Gasteiger partial charge in [0.15, 0.2) is 11.8 Å². The molecule has 2 N–H and O–H groups in total. The molecule has 0 aromatic carbocycles. The molecular formula is C16H27N7O. The van der Waals surface area contributed by atoms with Crippen molar-refractivity contribution in [3.8, 4) is 0 Å². The summed E-state index contributed by atoms with van der Waals surface area (Å²) in [5.74, 6) is 2.50. The van der Waals surface area contributed by atoms with E-state index in [4.69, 9.17) is 4.52 Å². The molecule has 0 fully saturated rings. The van der Waals surface area contributed by atoms with Crippen molar-refractivity contribution in [2.45, 2.75) is 46.1 Å². The third-order valence-electron chi connectivity index (χ3n) is 3.35. The maximum atomic E-state index is 5.24. The summed E-state index contributed by atoms with van der Waals surface area (Å²) in [6, 6.07) is 1.93. The number of aryl methyl sites for hydroxylation is 1. The van der Waals surface area contributed by atoms with Crippen LogP contribution >= 0.6 is 0 Å². The van der Waals surface area contributed by atoms with E-state index in [0.717, 1.165) is 37.8 Å². The summed E-state index contributed by atoms with van der Waals surface area (Å²) in [5.41, 5.74) is 0. The van der Waals surface area contributed by atoms with Gasteiger partial charge < -0.3 is 15.2 Å². The van der Waals surface area contributed by atoms with Crippen LogP contribution < -0.4 is 10.6 Å². The van der Waals surface area contributed by atoms with E-state index < -0.39 is 0 Å². The van der Waals surface area contributed by atoms with E-state index in [-0.39, 0.29) is 5.92 Å². The van der Waals surface area contributed by atoms with Crippen LogP contribution in [-0.2, 0) is 13.0 Å². The van der Waals surface area contributed by atoms with Gasteiger partial charge in [-0.15, -0.1) is 0 Å². The molecule has 2 rings (SSSR count). The minimum absolute atomic E-state index is 0.282. The molecule has 24 heavy (non-hydrogen) atoms. The van der Waals surface area contributed by atoms with Gasteiger partial charge in [0.25, 0.3) is 0 Å². The van der Waals surface area contributed by atoms with Gasteiger partial charge in [0, 0.05) is 50.9 Å². The van der Waals surface area contributed by atoms with Gasteiger partial charge in [-0.05, 0) is 19.4 Å². The van der Waals surface area contributed by atoms with Crippen molar-refractivity contribution >= 4 is 5.96 Å². The Morgan fingerprint density at radius 2 is 2.25 bits per heavy atom. The maximum Gasteiger partial charge on any atom is 0.228 e. The average molecular weight is 333 g/mol. The average Bonchev–Trinajstić information content (AvgIpc) is 3.23. The van der Waals surface area contributed by atoms with Gasteiger partial charge in [0.1, 0.15) is 0 Å². The molecule has 0 saturated carbocycles. The molecule has 0 aliphatic carbocycles. The molecule has 8 heteroatoms. The summed E-state index contributed by atoms with van der Waals surface area (Å²) in [7, 11) is 0. The van der Waals surface area contributed by atoms with Crippen LogP contribution in [0.15, 0.2) is 28.0 Å². The summed E-state index contributed by atoms with van der Waals surface area (Å²) >= 11 is 0. The second-order valence-corrected chi connectivity index (χ2v) is 5.76. The Hall–Kier alpha value is -2.38. The third-order valence-corrected chi connectivity index (χ3v) is 3.35. The van der Waals surface area contributed by atoms with Crippen molar-refractivity contribution in [1.29, 1.82) is 0 Å². The first-order valence-electron chi connectivity index (χ1n) is 8.51. The van der Waals surface area contributed by atoms with E-state index in [1.165, 1.54) is 0 Å². The summed E-state index contributed by atoms with van der Waals surface area (Å²) in [6.45, 7) is 9.28. The van der Waals surface area contributed by atoms with Crippen molar-refractivity contribution in [2.24, 2.45) is 4.99 Å². The molecule has 0 radical (unpaired) electrons. The Kier molecular flexibility index (Phi) is 7.25. The zero-order chi connectivity index (χ0) is 17.2. The van der Waals surface area contributed by atoms with E-state index in [1.807, 2.05) is 37.7 Å². The normalized spacial score (nSPS) is 11.9. The van der Waals surface area contributed by atoms with Crippen LogP contribution in [0.25, 0.3) is 0 Å². The number of rotatable bonds is 9. The number of nitrogens with zero attached hydrogens (tertiary/aromatic N) is 5. The smallest absolute Gasteiger partial charge is 0.228 e. The SMILES string of the molecule is CCNC(=NCCCn1cccn1)NCCc1nc(C(C)C)no1. The zero-order valence-electron chi connectivity index (χ0n) is 14.7. The third kappa shape index (κ3) is 6.02. The Morgan fingerprint density at radius 3 is 2.92 bits per heavy atom. The summed E-state index contributed by atoms with van der Waals surface area (Å²) in [4.78, 5) is 8.93. The molecule has 0 amide bonds. The number of aliphatic imine (C=N–C) groups is 1. The first kappa shape index (κ1) is 18.0. The van der Waals surface area contributed by atoms with E-state index in [2.05, 4.69) is 30.9 Å². The van der Waals surface area contributed by atoms with Gasteiger partial charge in [-0.25, -0.2) is 0 Å². The van der Waals surface area contributed by atoms with Crippen LogP contribution in [0, 0.1) is 0 Å². The molecule has 0 saturated heterocycles. The van der Waals surface area contributed by atoms with Crippen molar-refractivity contribution in [2.75, 3.05) is 19.6 Å². The lowest BCUT2D eigenvalue weighted by atomic mass is 10.2. The number of hydrogen-bond donors (Lipinski definition) is 2. The molecule has 2 aromatic heterocycles. The fourth-order valence-corrected chi connectivity index (χ4v) is 2.09. The van der Waals surface area contributed by atoms with E-state index >= 15 is 0 Å². The minimum atomic E-state index is 0.282. The lowest BCUT2D eigenvalue weighted by molar-refractivity contribution is 0.371. The number of aromatic nitrogens is 4. The second-order valence-electron chi connectivity index (χ2n) is 5.76. The molecule has 132 valence electrons. The van der Waals surface area contributed by atoms with Crippen LogP contribution in [0.5, 0.6) is 0 Å². The molecule has 0 spiro atoms. The summed E-state index contributed by atoms with van der Waals surface area (Å²) < 4.78 is 7.15. The first-order chi connectivity index (χ1) is 11.7. The van der Waals surface area contributed by atoms with Crippen LogP contribution in [0.3, 0.4) is 0 Å². The van der Waals surface area contributed by atoms with E-state index in [1.54, 1.807) is 6.20 Å². The number of hydrogen-bond acceptors (Lipinski definition) is 5. The zero-order valence-corrected chi connectivity index (χ0v) is 14.7. The van der Waals surface area contributed by atoms with Gasteiger partial charge in [-0.3, -0.25) is 9.67 Å². The quantitative estimate of drug-likeness (QED) is 0.411. The summed E-state index contributed by atoms with van der Waals surface area (Å²) in [6.07, 6.45) is 5.37. The number of guanidine groups is 1. The largest absolute Gasteiger partial charge is 0.357 e. The Morgan fingerprint density at radius 1 is 1.38 bits per heavy atom. The second kappa shape index (κ2) is 9.69. The van der Waals surface area contributed by atoms with Crippen LogP contribution in [0.4, 0.5) is 0 Å². The van der Waals surface area contributed by atoms with Crippen molar-refractivity contribution in [3.05, 3.63) is 30.2 Å². The lowest BCUT2D eigenvalue weighted by Gasteiger charge is -2.10. The predicted octanol–water partition coefficient (Wildman–Crippen LogP) is 1.58. The molecule has 8 nitrogen and oxygen atoms in total. The van der Waals surface area contributed by atoms with Crippen LogP contribution in [0.2, 0.25) is 0 Å². The number of nitrogens with one attached hydrogen (secondary N) is 2. The van der Waals surface area contributed by atoms with Crippen LogP contribution in [-0.4, -0.2) is 45.5 Å². The highest BCUT2D eigenvalue weighted by Gasteiger charge is 2.09. The Bertz CT molecular complexity index is 604. The molecule has 0 atom stereocenters. The standard InChI is InChI=1S/C16H27N7O/c1-4-17-16(18-8-5-11-23-12-6-9-20-23)19-10-7-14-21-15(13(2)3)22-24-14/h6,9,12-13H,4-5,7-8,10-11H2,1-3H3,(H2,17,18,19). The fraction of sp³-hybridized carbons (Fsp3) is 0.625. The van der Waals surface area contributed by atoms with Crippen molar-refractivity contribution in [1.82, 2.24) is 30.6 Å². The first-order valence-corrected chi connectivity index (χ1v) is 8.51. The fourth-order valence-electron chi connectivity index (χ4n) is 2.09.